The molecule has 1 atom stereocenters. The molecule has 3 rings (SSSR count). The number of amides is 2. The third-order valence-corrected chi connectivity index (χ3v) is 7.72. The molecule has 0 aliphatic rings. The lowest BCUT2D eigenvalue weighted by Crippen LogP contribution is -2.54. The van der Waals surface area contributed by atoms with Crippen LogP contribution in [0.1, 0.15) is 44.7 Å². The number of nitrogens with one attached hydrogen (secondary N) is 1. The van der Waals surface area contributed by atoms with E-state index in [-0.39, 0.29) is 44.2 Å². The molecule has 1 N–H and O–H groups in total. The number of hydrogen-bond donors (Lipinski definition) is 1. The molecule has 0 saturated carbocycles. The van der Waals surface area contributed by atoms with E-state index in [1.54, 1.807) is 36.4 Å². The molecular weight excluding hydrogens is 557 g/mol. The van der Waals surface area contributed by atoms with Crippen LogP contribution in [0.5, 0.6) is 5.75 Å². The molecule has 3 aromatic rings. The predicted molar refractivity (Wildman–Crippen MR) is 163 cm³/mol. The van der Waals surface area contributed by atoms with Gasteiger partial charge in [0.1, 0.15) is 17.6 Å². The van der Waals surface area contributed by atoms with Crippen molar-refractivity contribution in [3.05, 3.63) is 95.8 Å². The van der Waals surface area contributed by atoms with E-state index >= 15 is 0 Å². The number of anilines is 1. The van der Waals surface area contributed by atoms with Crippen LogP contribution in [0.4, 0.5) is 10.1 Å². The summed E-state index contributed by atoms with van der Waals surface area (Å²) >= 11 is 0. The first-order valence-electron chi connectivity index (χ1n) is 13.8. The fourth-order valence-corrected chi connectivity index (χ4v) is 5.52. The van der Waals surface area contributed by atoms with E-state index in [2.05, 4.69) is 5.32 Å². The van der Waals surface area contributed by atoms with Gasteiger partial charge in [0.05, 0.1) is 19.1 Å². The number of benzene rings is 3. The van der Waals surface area contributed by atoms with Crippen LogP contribution < -0.4 is 14.4 Å². The van der Waals surface area contributed by atoms with Crippen molar-refractivity contribution in [2.75, 3.05) is 24.2 Å². The van der Waals surface area contributed by atoms with Gasteiger partial charge in [-0.3, -0.25) is 13.9 Å². The first-order valence-corrected chi connectivity index (χ1v) is 15.6. The number of hydrogen-bond acceptors (Lipinski definition) is 5. The van der Waals surface area contributed by atoms with E-state index in [0.717, 1.165) is 11.8 Å². The van der Waals surface area contributed by atoms with Gasteiger partial charge in [0, 0.05) is 37.5 Å². The van der Waals surface area contributed by atoms with E-state index < -0.39 is 27.4 Å². The summed E-state index contributed by atoms with van der Waals surface area (Å²) in [5, 5.41) is 3.00. The van der Waals surface area contributed by atoms with Gasteiger partial charge in [-0.25, -0.2) is 12.8 Å². The summed E-state index contributed by atoms with van der Waals surface area (Å²) in [5.41, 5.74) is 1.44. The van der Waals surface area contributed by atoms with Gasteiger partial charge < -0.3 is 15.0 Å². The average Bonchev–Trinajstić information content (AvgIpc) is 2.92. The molecular formula is C32H40FN3O5S. The number of carbonyl (C=O) groups excluding carboxylic acids is 2. The number of rotatable bonds is 13. The second-order valence-electron chi connectivity index (χ2n) is 11.2. The first kappa shape index (κ1) is 32.6. The summed E-state index contributed by atoms with van der Waals surface area (Å²) < 4.78 is 45.4. The van der Waals surface area contributed by atoms with Crippen molar-refractivity contribution in [2.45, 2.75) is 58.2 Å². The summed E-state index contributed by atoms with van der Waals surface area (Å²) in [4.78, 5) is 29.0. The fourth-order valence-electron chi connectivity index (χ4n) is 4.56. The summed E-state index contributed by atoms with van der Waals surface area (Å²) in [6.45, 7) is 5.75. The monoisotopic (exact) mass is 597 g/mol. The maximum Gasteiger partial charge on any atom is 0.243 e. The summed E-state index contributed by atoms with van der Waals surface area (Å²) in [7, 11) is -2.15. The number of sulfonamides is 1. The molecule has 226 valence electrons. The molecule has 0 radical (unpaired) electrons. The van der Waals surface area contributed by atoms with Crippen LogP contribution in [-0.4, -0.2) is 56.6 Å². The Morgan fingerprint density at radius 3 is 2.21 bits per heavy atom. The minimum Gasteiger partial charge on any atom is -0.497 e. The van der Waals surface area contributed by atoms with Crippen molar-refractivity contribution < 1.29 is 27.1 Å². The number of halogens is 1. The van der Waals surface area contributed by atoms with Gasteiger partial charge in [-0.2, -0.15) is 0 Å². The quantitative estimate of drug-likeness (QED) is 0.301. The van der Waals surface area contributed by atoms with E-state index in [1.807, 2.05) is 51.1 Å². The van der Waals surface area contributed by atoms with Gasteiger partial charge in [0.15, 0.2) is 0 Å². The van der Waals surface area contributed by atoms with E-state index in [0.29, 0.717) is 17.0 Å². The van der Waals surface area contributed by atoms with E-state index in [1.165, 1.54) is 28.4 Å². The van der Waals surface area contributed by atoms with Crippen LogP contribution >= 0.6 is 0 Å². The molecule has 0 heterocycles. The van der Waals surface area contributed by atoms with Crippen molar-refractivity contribution in [2.24, 2.45) is 0 Å². The Labute approximate surface area is 248 Å². The van der Waals surface area contributed by atoms with Crippen LogP contribution in [0.3, 0.4) is 0 Å². The van der Waals surface area contributed by atoms with Crippen LogP contribution in [0, 0.1) is 5.82 Å². The molecule has 0 spiro atoms. The van der Waals surface area contributed by atoms with Crippen LogP contribution in [0.2, 0.25) is 0 Å². The van der Waals surface area contributed by atoms with Gasteiger partial charge in [-0.05, 0) is 62.6 Å². The summed E-state index contributed by atoms with van der Waals surface area (Å²) in [6, 6.07) is 21.1. The van der Waals surface area contributed by atoms with Gasteiger partial charge >= 0.3 is 0 Å². The molecule has 0 fully saturated rings. The Morgan fingerprint density at radius 2 is 1.62 bits per heavy atom. The molecule has 0 bridgehead atoms. The Hall–Kier alpha value is -3.92. The van der Waals surface area contributed by atoms with Crippen molar-refractivity contribution in [1.29, 1.82) is 0 Å². The second kappa shape index (κ2) is 14.3. The molecule has 0 aliphatic carbocycles. The minimum absolute atomic E-state index is 0.00866. The maximum absolute atomic E-state index is 13.9. The summed E-state index contributed by atoms with van der Waals surface area (Å²) in [6.07, 6.45) is 1.59. The lowest BCUT2D eigenvalue weighted by Gasteiger charge is -2.34. The number of ether oxygens (including phenoxy) is 1. The first-order chi connectivity index (χ1) is 19.8. The van der Waals surface area contributed by atoms with Crippen molar-refractivity contribution >= 4 is 27.5 Å². The highest BCUT2D eigenvalue weighted by Gasteiger charge is 2.32. The third-order valence-electron chi connectivity index (χ3n) is 6.53. The zero-order chi connectivity index (χ0) is 30.9. The number of nitrogens with zero attached hydrogens (tertiary/aromatic N) is 2. The van der Waals surface area contributed by atoms with Crippen LogP contribution in [0.25, 0.3) is 0 Å². The van der Waals surface area contributed by atoms with Gasteiger partial charge in [-0.15, -0.1) is 0 Å². The fraction of sp³-hybridized carbons (Fsp3) is 0.375. The van der Waals surface area contributed by atoms with Gasteiger partial charge in [0.25, 0.3) is 0 Å². The van der Waals surface area contributed by atoms with Crippen molar-refractivity contribution in [1.82, 2.24) is 10.2 Å². The van der Waals surface area contributed by atoms with E-state index in [9.17, 15) is 22.4 Å². The highest BCUT2D eigenvalue weighted by atomic mass is 32.2. The average molecular weight is 598 g/mol. The smallest absolute Gasteiger partial charge is 0.243 e. The van der Waals surface area contributed by atoms with Gasteiger partial charge in [0.2, 0.25) is 21.8 Å². The SMILES string of the molecule is COc1cccc(N(CCCC(=O)N(Cc2ccc(F)cc2)C(Cc2ccccc2)C(=O)NC(C)(C)C)S(C)(=O)=O)c1. The highest BCUT2D eigenvalue weighted by Crippen LogP contribution is 2.24. The topological polar surface area (TPSA) is 96.0 Å². The molecule has 3 aromatic carbocycles. The lowest BCUT2D eigenvalue weighted by atomic mass is 10.00. The lowest BCUT2D eigenvalue weighted by molar-refractivity contribution is -0.142. The summed E-state index contributed by atoms with van der Waals surface area (Å²) in [5.74, 6) is -0.517. The molecule has 0 aromatic heterocycles. The molecule has 42 heavy (non-hydrogen) atoms. The largest absolute Gasteiger partial charge is 0.497 e. The number of methoxy groups -OCH3 is 1. The second-order valence-corrected chi connectivity index (χ2v) is 13.1. The van der Waals surface area contributed by atoms with E-state index in [4.69, 9.17) is 4.74 Å². The zero-order valence-electron chi connectivity index (χ0n) is 24.8. The molecule has 0 saturated heterocycles. The van der Waals surface area contributed by atoms with Crippen molar-refractivity contribution in [3.8, 4) is 5.75 Å². The van der Waals surface area contributed by atoms with Crippen LogP contribution in [0.15, 0.2) is 78.9 Å². The number of carbonyl (C=O) groups is 2. The highest BCUT2D eigenvalue weighted by molar-refractivity contribution is 7.92. The predicted octanol–water partition coefficient (Wildman–Crippen LogP) is 4.94. The molecule has 1 unspecified atom stereocenters. The van der Waals surface area contributed by atoms with Crippen LogP contribution in [-0.2, 0) is 32.6 Å². The molecule has 2 amide bonds. The Bertz CT molecular complexity index is 1440. The third kappa shape index (κ3) is 9.87. The maximum atomic E-state index is 13.9. The Balaban J connectivity index is 1.90. The van der Waals surface area contributed by atoms with Gasteiger partial charge in [-0.1, -0.05) is 48.5 Å². The molecule has 0 aliphatic heterocycles. The zero-order valence-corrected chi connectivity index (χ0v) is 25.7. The minimum atomic E-state index is -3.65. The molecule has 8 nitrogen and oxygen atoms in total. The Kier molecular flexibility index (Phi) is 11.1. The standard InChI is InChI=1S/C32H40FN3O5S/c1-32(2,3)34-31(38)29(21-24-11-7-6-8-12-24)35(23-25-16-18-26(33)19-17-25)30(37)15-10-20-36(42(5,39)40)27-13-9-14-28(22-27)41-4/h6-9,11-14,16-19,22,29H,10,15,20-21,23H2,1-5H3,(H,34,38). The van der Waals surface area contributed by atoms with Crippen molar-refractivity contribution in [3.63, 3.8) is 0 Å². The normalized spacial score (nSPS) is 12.3. The Morgan fingerprint density at radius 1 is 0.952 bits per heavy atom. The molecule has 10 heteroatoms.